The first-order chi connectivity index (χ1) is 15.6. The number of nitrogens with zero attached hydrogens (tertiary/aromatic N) is 3. The summed E-state index contributed by atoms with van der Waals surface area (Å²) in [5.74, 6) is 0.0286. The van der Waals surface area contributed by atoms with E-state index in [1.165, 1.54) is 0 Å². The summed E-state index contributed by atoms with van der Waals surface area (Å²) in [6.07, 6.45) is 2.65. The van der Waals surface area contributed by atoms with Gasteiger partial charge in [0.2, 0.25) is 11.8 Å². The lowest BCUT2D eigenvalue weighted by Gasteiger charge is -2.29. The molecule has 0 saturated carbocycles. The molecule has 170 valence electrons. The number of carbonyl (C=O) groups excluding carboxylic acids is 3. The molecule has 2 aliphatic heterocycles. The van der Waals surface area contributed by atoms with Crippen LogP contribution in [0.2, 0.25) is 0 Å². The van der Waals surface area contributed by atoms with Crippen molar-refractivity contribution in [3.05, 3.63) is 53.2 Å². The number of piperidine rings is 1. The van der Waals surface area contributed by atoms with Gasteiger partial charge in [-0.05, 0) is 63.4 Å². The number of nitrogens with one attached hydrogen (secondary N) is 2. The zero-order valence-corrected chi connectivity index (χ0v) is 19.2. The Hall–Kier alpha value is -3.68. The first-order valence-corrected chi connectivity index (χ1v) is 11.2. The van der Waals surface area contributed by atoms with Gasteiger partial charge in [0.25, 0.3) is 5.91 Å². The average Bonchev–Trinajstić information content (AvgIpc) is 3.24. The zero-order valence-electron chi connectivity index (χ0n) is 19.2. The van der Waals surface area contributed by atoms with Crippen LogP contribution in [-0.4, -0.2) is 43.6 Å². The second-order valence-corrected chi connectivity index (χ2v) is 9.89. The van der Waals surface area contributed by atoms with Gasteiger partial charge in [0.05, 0.1) is 0 Å². The highest BCUT2D eigenvalue weighted by molar-refractivity contribution is 6.05. The van der Waals surface area contributed by atoms with Gasteiger partial charge in [-0.25, -0.2) is 4.98 Å². The second-order valence-electron chi connectivity index (χ2n) is 9.89. The summed E-state index contributed by atoms with van der Waals surface area (Å²) in [4.78, 5) is 43.3. The average molecular weight is 446 g/mol. The molecule has 3 aromatic rings. The number of fused-ring (bicyclic) bond motifs is 2. The normalized spacial score (nSPS) is 18.6. The Balaban J connectivity index is 1.54. The molecule has 1 aromatic carbocycles. The summed E-state index contributed by atoms with van der Waals surface area (Å²) in [7, 11) is 0. The Morgan fingerprint density at radius 1 is 1.12 bits per heavy atom. The van der Waals surface area contributed by atoms with Crippen molar-refractivity contribution in [3.63, 3.8) is 0 Å². The van der Waals surface area contributed by atoms with Crippen molar-refractivity contribution < 1.29 is 14.4 Å². The number of hydrogen-bond acceptors (Lipinski definition) is 5. The fourth-order valence-corrected chi connectivity index (χ4v) is 4.55. The van der Waals surface area contributed by atoms with Gasteiger partial charge in [-0.1, -0.05) is 12.1 Å². The van der Waals surface area contributed by atoms with E-state index in [1.807, 2.05) is 37.3 Å². The highest BCUT2D eigenvalue weighted by atomic mass is 16.2. The molecule has 0 bridgehead atoms. The molecule has 4 heterocycles. The van der Waals surface area contributed by atoms with E-state index < -0.39 is 11.9 Å². The molecule has 5 rings (SSSR count). The first-order valence-electron chi connectivity index (χ1n) is 11.2. The van der Waals surface area contributed by atoms with Crippen molar-refractivity contribution in [2.24, 2.45) is 0 Å². The lowest BCUT2D eigenvalue weighted by atomic mass is 10.0. The van der Waals surface area contributed by atoms with Crippen molar-refractivity contribution in [1.29, 1.82) is 0 Å². The third-order valence-corrected chi connectivity index (χ3v) is 6.06. The third kappa shape index (κ3) is 3.75. The topological polar surface area (TPSA) is 95.8 Å². The van der Waals surface area contributed by atoms with E-state index >= 15 is 0 Å². The van der Waals surface area contributed by atoms with Crippen molar-refractivity contribution in [2.45, 2.75) is 58.7 Å². The van der Waals surface area contributed by atoms with Gasteiger partial charge in [0, 0.05) is 35.8 Å². The van der Waals surface area contributed by atoms with Gasteiger partial charge >= 0.3 is 0 Å². The number of hydrogen-bond donors (Lipinski definition) is 2. The quantitative estimate of drug-likeness (QED) is 0.603. The molecule has 0 radical (unpaired) electrons. The number of aryl methyl sites for hydroxylation is 1. The van der Waals surface area contributed by atoms with Crippen LogP contribution in [0.15, 0.2) is 36.5 Å². The van der Waals surface area contributed by atoms with E-state index in [2.05, 4.69) is 42.0 Å². The Morgan fingerprint density at radius 2 is 1.91 bits per heavy atom. The van der Waals surface area contributed by atoms with Crippen molar-refractivity contribution in [3.8, 4) is 11.3 Å². The smallest absolute Gasteiger partial charge is 0.255 e. The highest BCUT2D eigenvalue weighted by Gasteiger charge is 2.39. The van der Waals surface area contributed by atoms with Crippen LogP contribution >= 0.6 is 0 Å². The maximum absolute atomic E-state index is 13.0. The minimum atomic E-state index is -0.623. The van der Waals surface area contributed by atoms with Crippen LogP contribution in [0.25, 0.3) is 16.9 Å². The zero-order chi connectivity index (χ0) is 23.5. The molecule has 1 atom stereocenters. The van der Waals surface area contributed by atoms with Crippen molar-refractivity contribution in [1.82, 2.24) is 19.6 Å². The lowest BCUT2D eigenvalue weighted by molar-refractivity contribution is -0.136. The van der Waals surface area contributed by atoms with Crippen LogP contribution in [0.3, 0.4) is 0 Å². The molecule has 8 heteroatoms. The van der Waals surface area contributed by atoms with E-state index in [0.717, 1.165) is 33.8 Å². The molecule has 0 spiro atoms. The summed E-state index contributed by atoms with van der Waals surface area (Å²) < 4.78 is 2.06. The number of aromatic nitrogens is 2. The Kier molecular flexibility index (Phi) is 4.77. The van der Waals surface area contributed by atoms with Gasteiger partial charge in [-0.3, -0.25) is 24.1 Å². The summed E-state index contributed by atoms with van der Waals surface area (Å²) >= 11 is 0. The Morgan fingerprint density at radius 3 is 2.64 bits per heavy atom. The maximum atomic E-state index is 13.0. The fraction of sp³-hybridized carbons (Fsp3) is 0.360. The second kappa shape index (κ2) is 7.43. The number of pyridine rings is 1. The monoisotopic (exact) mass is 445 g/mol. The van der Waals surface area contributed by atoms with Crippen LogP contribution < -0.4 is 10.6 Å². The van der Waals surface area contributed by atoms with Crippen LogP contribution in [0.4, 0.5) is 5.82 Å². The first kappa shape index (κ1) is 21.2. The van der Waals surface area contributed by atoms with Gasteiger partial charge in [0.1, 0.15) is 23.2 Å². The van der Waals surface area contributed by atoms with Gasteiger partial charge in [-0.2, -0.15) is 0 Å². The standard InChI is InChI=1S/C25H27N5O3/c1-14-5-9-19-26-21(22(30(19)12-14)28-25(2,3)4)15-6-7-17-16(11-15)13-29(24(17)33)18-8-10-20(31)27-23(18)32/h5-7,9,11-12,18,28H,8,10,13H2,1-4H3,(H,27,31,32). The number of amides is 3. The number of anilines is 1. The predicted molar refractivity (Wildman–Crippen MR) is 125 cm³/mol. The molecule has 1 fully saturated rings. The van der Waals surface area contributed by atoms with Crippen LogP contribution in [-0.2, 0) is 16.1 Å². The van der Waals surface area contributed by atoms with E-state index in [0.29, 0.717) is 18.5 Å². The van der Waals surface area contributed by atoms with Crippen LogP contribution in [0.5, 0.6) is 0 Å². The molecule has 2 N–H and O–H groups in total. The summed E-state index contributed by atoms with van der Waals surface area (Å²) in [5, 5.41) is 5.93. The summed E-state index contributed by atoms with van der Waals surface area (Å²) in [6, 6.07) is 9.12. The molecular weight excluding hydrogens is 418 g/mol. The number of carbonyl (C=O) groups is 3. The molecule has 0 aliphatic carbocycles. The molecule has 1 saturated heterocycles. The fourth-order valence-electron chi connectivity index (χ4n) is 4.55. The molecule has 3 amide bonds. The highest BCUT2D eigenvalue weighted by Crippen LogP contribution is 2.35. The molecule has 1 unspecified atom stereocenters. The minimum absolute atomic E-state index is 0.176. The molecule has 2 aromatic heterocycles. The number of benzene rings is 1. The Labute approximate surface area is 192 Å². The minimum Gasteiger partial charge on any atom is -0.365 e. The largest absolute Gasteiger partial charge is 0.365 e. The van der Waals surface area contributed by atoms with E-state index in [9.17, 15) is 14.4 Å². The summed E-state index contributed by atoms with van der Waals surface area (Å²) in [6.45, 7) is 8.69. The van der Waals surface area contributed by atoms with Crippen LogP contribution in [0.1, 0.15) is 55.1 Å². The van der Waals surface area contributed by atoms with Gasteiger partial charge < -0.3 is 10.2 Å². The van der Waals surface area contributed by atoms with E-state index in [-0.39, 0.29) is 23.8 Å². The number of imidazole rings is 1. The van der Waals surface area contributed by atoms with Crippen molar-refractivity contribution >= 4 is 29.2 Å². The summed E-state index contributed by atoms with van der Waals surface area (Å²) in [5.41, 5.74) is 4.95. The maximum Gasteiger partial charge on any atom is 0.255 e. The number of imide groups is 1. The third-order valence-electron chi connectivity index (χ3n) is 6.06. The molecular formula is C25H27N5O3. The SMILES string of the molecule is Cc1ccc2nc(-c3ccc4c(c3)CN(C3CCC(=O)NC3=O)C4=O)c(NC(C)(C)C)n2c1. The predicted octanol–water partition coefficient (Wildman–Crippen LogP) is 3.28. The number of rotatable bonds is 3. The molecule has 2 aliphatic rings. The van der Waals surface area contributed by atoms with Crippen LogP contribution in [0, 0.1) is 6.92 Å². The van der Waals surface area contributed by atoms with Gasteiger partial charge in [-0.15, -0.1) is 0 Å². The lowest BCUT2D eigenvalue weighted by Crippen LogP contribution is -2.52. The van der Waals surface area contributed by atoms with E-state index in [4.69, 9.17) is 4.98 Å². The van der Waals surface area contributed by atoms with E-state index in [1.54, 1.807) is 4.90 Å². The molecule has 8 nitrogen and oxygen atoms in total. The van der Waals surface area contributed by atoms with Gasteiger partial charge in [0.15, 0.2) is 0 Å². The Bertz CT molecular complexity index is 1320. The van der Waals surface area contributed by atoms with Crippen molar-refractivity contribution in [2.75, 3.05) is 5.32 Å². The molecule has 33 heavy (non-hydrogen) atoms.